The molecule has 0 unspecified atom stereocenters. The topological polar surface area (TPSA) is 29.3 Å². The maximum Gasteiger partial charge on any atom is 0.0412 e. The Labute approximate surface area is 117 Å². The van der Waals surface area contributed by atoms with Crippen LogP contribution in [0.4, 0.5) is 0 Å². The zero-order valence-corrected chi connectivity index (χ0v) is 12.1. The molecule has 19 heavy (non-hydrogen) atoms. The van der Waals surface area contributed by atoms with E-state index in [2.05, 4.69) is 36.1 Å². The third-order valence-electron chi connectivity index (χ3n) is 5.40. The Morgan fingerprint density at radius 3 is 2.21 bits per heavy atom. The molecule has 1 aromatic rings. The minimum Gasteiger partial charge on any atom is -0.329 e. The van der Waals surface area contributed by atoms with Crippen molar-refractivity contribution in [2.45, 2.75) is 44.6 Å². The summed E-state index contributed by atoms with van der Waals surface area (Å²) in [7, 11) is 0. The van der Waals surface area contributed by atoms with Gasteiger partial charge in [-0.25, -0.2) is 0 Å². The molecule has 3 rings (SSSR count). The van der Waals surface area contributed by atoms with Gasteiger partial charge in [0.15, 0.2) is 0 Å². The van der Waals surface area contributed by atoms with Gasteiger partial charge in [0.25, 0.3) is 0 Å². The molecule has 1 heterocycles. The molecule has 2 aliphatic rings. The summed E-state index contributed by atoms with van der Waals surface area (Å²) < 4.78 is 0. The minimum absolute atomic E-state index is 0.211. The van der Waals surface area contributed by atoms with Crippen LogP contribution in [0.1, 0.15) is 37.3 Å². The second kappa shape index (κ2) is 5.26. The quantitative estimate of drug-likeness (QED) is 0.903. The van der Waals surface area contributed by atoms with Gasteiger partial charge >= 0.3 is 0 Å². The van der Waals surface area contributed by atoms with Crippen molar-refractivity contribution in [2.24, 2.45) is 11.7 Å². The first kappa shape index (κ1) is 13.1. The third-order valence-corrected chi connectivity index (χ3v) is 5.40. The first-order chi connectivity index (χ1) is 9.27. The monoisotopic (exact) mass is 258 g/mol. The lowest BCUT2D eigenvalue weighted by molar-refractivity contribution is 0.0607. The van der Waals surface area contributed by atoms with Crippen LogP contribution in [0.25, 0.3) is 0 Å². The number of hydrogen-bond donors (Lipinski definition) is 1. The highest BCUT2D eigenvalue weighted by Gasteiger charge is 2.41. The average Bonchev–Trinajstić information content (AvgIpc) is 2.87. The number of fused-ring (bicyclic) bond motifs is 1. The van der Waals surface area contributed by atoms with Crippen LogP contribution in [0.5, 0.6) is 0 Å². The van der Waals surface area contributed by atoms with Crippen LogP contribution in [0, 0.1) is 5.92 Å². The van der Waals surface area contributed by atoms with Gasteiger partial charge in [0.05, 0.1) is 0 Å². The molecule has 1 aliphatic carbocycles. The van der Waals surface area contributed by atoms with Gasteiger partial charge in [0.1, 0.15) is 0 Å². The Morgan fingerprint density at radius 2 is 1.74 bits per heavy atom. The highest BCUT2D eigenvalue weighted by molar-refractivity contribution is 5.36. The van der Waals surface area contributed by atoms with Gasteiger partial charge in [-0.2, -0.15) is 0 Å². The first-order valence-electron chi connectivity index (χ1n) is 7.79. The summed E-state index contributed by atoms with van der Waals surface area (Å²) in [5.74, 6) is 0.940. The zero-order chi connectivity index (χ0) is 13.3. The Bertz CT molecular complexity index is 408. The van der Waals surface area contributed by atoms with Gasteiger partial charge in [-0.1, -0.05) is 37.6 Å². The molecule has 1 fully saturated rings. The fourth-order valence-corrected chi connectivity index (χ4v) is 3.99. The molecule has 0 atom stereocenters. The van der Waals surface area contributed by atoms with Crippen molar-refractivity contribution in [2.75, 3.05) is 19.6 Å². The van der Waals surface area contributed by atoms with E-state index < -0.39 is 0 Å². The number of benzene rings is 1. The molecular formula is C17H26N2. The lowest BCUT2D eigenvalue weighted by Crippen LogP contribution is -2.57. The van der Waals surface area contributed by atoms with Crippen LogP contribution in [-0.2, 0) is 12.8 Å². The highest BCUT2D eigenvalue weighted by Crippen LogP contribution is 2.36. The summed E-state index contributed by atoms with van der Waals surface area (Å²) in [4.78, 5) is 2.69. The normalized spacial score (nSPS) is 23.5. The molecule has 0 aromatic heterocycles. The molecule has 2 nitrogen and oxygen atoms in total. The fourth-order valence-electron chi connectivity index (χ4n) is 3.99. The smallest absolute Gasteiger partial charge is 0.0412 e. The second-order valence-corrected chi connectivity index (χ2v) is 6.39. The maximum absolute atomic E-state index is 6.20. The molecule has 104 valence electrons. The van der Waals surface area contributed by atoms with Crippen molar-refractivity contribution < 1.29 is 0 Å². The van der Waals surface area contributed by atoms with Crippen LogP contribution in [0.2, 0.25) is 0 Å². The Kier molecular flexibility index (Phi) is 3.64. The number of rotatable bonds is 3. The van der Waals surface area contributed by atoms with Crippen molar-refractivity contribution in [3.63, 3.8) is 0 Å². The third kappa shape index (κ3) is 2.32. The van der Waals surface area contributed by atoms with Gasteiger partial charge in [-0.05, 0) is 55.8 Å². The van der Waals surface area contributed by atoms with Crippen molar-refractivity contribution in [1.29, 1.82) is 0 Å². The van der Waals surface area contributed by atoms with E-state index in [1.165, 1.54) is 43.5 Å². The molecule has 0 spiro atoms. The number of hydrogen-bond acceptors (Lipinski definition) is 2. The molecule has 0 bridgehead atoms. The van der Waals surface area contributed by atoms with E-state index in [-0.39, 0.29) is 5.54 Å². The number of piperidine rings is 1. The Balaban J connectivity index is 1.76. The van der Waals surface area contributed by atoms with Gasteiger partial charge in [0, 0.05) is 12.1 Å². The molecule has 2 N–H and O–H groups in total. The standard InChI is InChI=1S/C17H26N2/c1-2-14-7-9-19(10-8-14)17(13-18)11-15-5-3-4-6-16(15)12-17/h3-6,14H,2,7-13,18H2,1H3. The van der Waals surface area contributed by atoms with Crippen LogP contribution < -0.4 is 5.73 Å². The average molecular weight is 258 g/mol. The minimum atomic E-state index is 0.211. The van der Waals surface area contributed by atoms with Gasteiger partial charge < -0.3 is 5.73 Å². The Morgan fingerprint density at radius 1 is 1.16 bits per heavy atom. The summed E-state index contributed by atoms with van der Waals surface area (Å²) in [6, 6.07) is 8.89. The van der Waals surface area contributed by atoms with Crippen molar-refractivity contribution in [3.8, 4) is 0 Å². The molecular weight excluding hydrogens is 232 g/mol. The maximum atomic E-state index is 6.20. The zero-order valence-electron chi connectivity index (χ0n) is 12.1. The first-order valence-corrected chi connectivity index (χ1v) is 7.79. The summed E-state index contributed by atoms with van der Waals surface area (Å²) in [5, 5.41) is 0. The van der Waals surface area contributed by atoms with E-state index in [0.29, 0.717) is 0 Å². The van der Waals surface area contributed by atoms with Gasteiger partial charge in [-0.3, -0.25) is 4.90 Å². The highest BCUT2D eigenvalue weighted by atomic mass is 15.2. The van der Waals surface area contributed by atoms with Crippen molar-refractivity contribution in [1.82, 2.24) is 4.90 Å². The van der Waals surface area contributed by atoms with Crippen molar-refractivity contribution >= 4 is 0 Å². The van der Waals surface area contributed by atoms with Crippen LogP contribution in [-0.4, -0.2) is 30.1 Å². The van der Waals surface area contributed by atoms with Gasteiger partial charge in [0.2, 0.25) is 0 Å². The van der Waals surface area contributed by atoms with E-state index in [9.17, 15) is 0 Å². The van der Waals surface area contributed by atoms with Crippen molar-refractivity contribution in [3.05, 3.63) is 35.4 Å². The van der Waals surface area contributed by atoms with E-state index in [1.807, 2.05) is 0 Å². The lowest BCUT2D eigenvalue weighted by Gasteiger charge is -2.44. The van der Waals surface area contributed by atoms with E-state index in [1.54, 1.807) is 0 Å². The summed E-state index contributed by atoms with van der Waals surface area (Å²) in [5.41, 5.74) is 9.45. The predicted octanol–water partition coefficient (Wildman–Crippen LogP) is 2.60. The molecule has 1 aliphatic heterocycles. The molecule has 1 aromatic carbocycles. The Hall–Kier alpha value is -0.860. The van der Waals surface area contributed by atoms with Gasteiger partial charge in [-0.15, -0.1) is 0 Å². The van der Waals surface area contributed by atoms with Crippen LogP contribution in [0.15, 0.2) is 24.3 Å². The summed E-state index contributed by atoms with van der Waals surface area (Å²) in [6.45, 7) is 5.59. The molecule has 0 radical (unpaired) electrons. The summed E-state index contributed by atoms with van der Waals surface area (Å²) in [6.07, 6.45) is 6.35. The largest absolute Gasteiger partial charge is 0.329 e. The molecule has 0 saturated carbocycles. The fraction of sp³-hybridized carbons (Fsp3) is 0.647. The summed E-state index contributed by atoms with van der Waals surface area (Å²) >= 11 is 0. The number of likely N-dealkylation sites (tertiary alicyclic amines) is 1. The van der Waals surface area contributed by atoms with Crippen LogP contribution in [0.3, 0.4) is 0 Å². The molecule has 2 heteroatoms. The molecule has 0 amide bonds. The molecule has 1 saturated heterocycles. The van der Waals surface area contributed by atoms with E-state index in [4.69, 9.17) is 5.73 Å². The number of nitrogens with two attached hydrogens (primary N) is 1. The second-order valence-electron chi connectivity index (χ2n) is 6.39. The van der Waals surface area contributed by atoms with E-state index >= 15 is 0 Å². The van der Waals surface area contributed by atoms with E-state index in [0.717, 1.165) is 25.3 Å². The van der Waals surface area contributed by atoms with Crippen LogP contribution >= 0.6 is 0 Å². The SMILES string of the molecule is CCC1CCN(C2(CN)Cc3ccccc3C2)CC1. The predicted molar refractivity (Wildman–Crippen MR) is 80.2 cm³/mol. The lowest BCUT2D eigenvalue weighted by atomic mass is 9.87. The number of nitrogens with zero attached hydrogens (tertiary/aromatic N) is 1.